The minimum Gasteiger partial charge on any atom is -0.481 e. The van der Waals surface area contributed by atoms with E-state index < -0.39 is 11.4 Å². The maximum atomic E-state index is 12.8. The molecular formula is C20H24N4O3. The van der Waals surface area contributed by atoms with E-state index in [0.717, 1.165) is 35.3 Å². The molecule has 0 spiro atoms. The molecule has 1 saturated heterocycles. The molecule has 7 nitrogen and oxygen atoms in total. The van der Waals surface area contributed by atoms with E-state index in [2.05, 4.69) is 10.4 Å². The van der Waals surface area contributed by atoms with Crippen LogP contribution in [0.2, 0.25) is 0 Å². The fraction of sp³-hybridized carbons (Fsp3) is 0.450. The van der Waals surface area contributed by atoms with Gasteiger partial charge in [0, 0.05) is 37.6 Å². The molecule has 2 N–H and O–H groups in total. The average Bonchev–Trinajstić information content (AvgIpc) is 3.30. The number of hydrogen-bond donors (Lipinski definition) is 2. The number of nitrogens with zero attached hydrogens (tertiary/aromatic N) is 3. The Morgan fingerprint density at radius 1 is 1.33 bits per heavy atom. The van der Waals surface area contributed by atoms with Gasteiger partial charge in [-0.25, -0.2) is 4.79 Å². The van der Waals surface area contributed by atoms with Gasteiger partial charge < -0.3 is 15.3 Å². The number of carbonyl (C=O) groups is 2. The standard InChI is InChI=1S/C20H24N4O3/c1-13-5-6-14(17-7-9-21-23(17)2)10-16(13)22-19(27)24-11-15-4-3-8-20(15,12-24)18(25)26/h5-7,9-10,15H,3-4,8,11-12H2,1-2H3,(H,22,27)(H,25,26)/t15-,20+/m0/s1. The molecule has 2 atom stereocenters. The molecule has 142 valence electrons. The highest BCUT2D eigenvalue weighted by atomic mass is 16.4. The normalized spacial score (nSPS) is 24.1. The van der Waals surface area contributed by atoms with Crippen LogP contribution in [0.5, 0.6) is 0 Å². The first-order valence-corrected chi connectivity index (χ1v) is 9.29. The van der Waals surface area contributed by atoms with Gasteiger partial charge in [0.15, 0.2) is 0 Å². The maximum absolute atomic E-state index is 12.8. The molecule has 27 heavy (non-hydrogen) atoms. The lowest BCUT2D eigenvalue weighted by atomic mass is 9.81. The Hall–Kier alpha value is -2.83. The molecular weight excluding hydrogens is 344 g/mol. The monoisotopic (exact) mass is 368 g/mol. The predicted molar refractivity (Wildman–Crippen MR) is 101 cm³/mol. The van der Waals surface area contributed by atoms with Crippen LogP contribution in [0.4, 0.5) is 10.5 Å². The van der Waals surface area contributed by atoms with Crippen molar-refractivity contribution in [2.24, 2.45) is 18.4 Å². The van der Waals surface area contributed by atoms with Crippen molar-refractivity contribution in [3.8, 4) is 11.3 Å². The van der Waals surface area contributed by atoms with Crippen LogP contribution in [0.3, 0.4) is 0 Å². The number of benzene rings is 1. The number of carbonyl (C=O) groups excluding carboxylic acids is 1. The first-order valence-electron chi connectivity index (χ1n) is 9.29. The van der Waals surface area contributed by atoms with Crippen LogP contribution in [-0.4, -0.2) is 44.9 Å². The van der Waals surface area contributed by atoms with E-state index in [1.807, 2.05) is 38.2 Å². The summed E-state index contributed by atoms with van der Waals surface area (Å²) in [7, 11) is 1.88. The van der Waals surface area contributed by atoms with Crippen LogP contribution >= 0.6 is 0 Å². The number of aryl methyl sites for hydroxylation is 2. The van der Waals surface area contributed by atoms with Gasteiger partial charge in [0.2, 0.25) is 0 Å². The second-order valence-corrected chi connectivity index (χ2v) is 7.73. The van der Waals surface area contributed by atoms with Crippen LogP contribution in [0, 0.1) is 18.3 Å². The van der Waals surface area contributed by atoms with Crippen molar-refractivity contribution in [1.29, 1.82) is 0 Å². The zero-order valence-electron chi connectivity index (χ0n) is 15.6. The molecule has 0 unspecified atom stereocenters. The Kier molecular flexibility index (Phi) is 4.17. The summed E-state index contributed by atoms with van der Waals surface area (Å²) >= 11 is 0. The third-order valence-electron chi connectivity index (χ3n) is 6.18. The van der Waals surface area contributed by atoms with Gasteiger partial charge in [0.05, 0.1) is 11.1 Å². The zero-order valence-corrected chi connectivity index (χ0v) is 15.6. The number of aromatic nitrogens is 2. The SMILES string of the molecule is Cc1ccc(-c2ccnn2C)cc1NC(=O)N1C[C@@H]2CCC[C@@]2(C(=O)O)C1. The fourth-order valence-electron chi connectivity index (χ4n) is 4.56. The second kappa shape index (κ2) is 6.40. The van der Waals surface area contributed by atoms with E-state index in [1.54, 1.807) is 15.8 Å². The van der Waals surface area contributed by atoms with Crippen molar-refractivity contribution in [2.75, 3.05) is 18.4 Å². The van der Waals surface area contributed by atoms with Crippen LogP contribution in [-0.2, 0) is 11.8 Å². The molecule has 1 aromatic heterocycles. The van der Waals surface area contributed by atoms with Gasteiger partial charge in [-0.3, -0.25) is 9.48 Å². The highest BCUT2D eigenvalue weighted by Crippen LogP contribution is 2.49. The van der Waals surface area contributed by atoms with Gasteiger partial charge in [-0.05, 0) is 43.4 Å². The summed E-state index contributed by atoms with van der Waals surface area (Å²) in [5, 5.41) is 16.9. The molecule has 0 radical (unpaired) electrons. The number of amides is 2. The number of carboxylic acid groups (broad SMARTS) is 1. The Bertz CT molecular complexity index is 906. The second-order valence-electron chi connectivity index (χ2n) is 7.73. The highest BCUT2D eigenvalue weighted by Gasteiger charge is 2.55. The summed E-state index contributed by atoms with van der Waals surface area (Å²) in [6.45, 7) is 2.75. The minimum absolute atomic E-state index is 0.0580. The van der Waals surface area contributed by atoms with Crippen molar-refractivity contribution >= 4 is 17.7 Å². The number of rotatable bonds is 3. The van der Waals surface area contributed by atoms with E-state index in [-0.39, 0.29) is 11.9 Å². The van der Waals surface area contributed by atoms with Gasteiger partial charge >= 0.3 is 12.0 Å². The van der Waals surface area contributed by atoms with Gasteiger partial charge in [0.25, 0.3) is 0 Å². The lowest BCUT2D eigenvalue weighted by Gasteiger charge is -2.23. The summed E-state index contributed by atoms with van der Waals surface area (Å²) in [5.74, 6) is -0.711. The van der Waals surface area contributed by atoms with Gasteiger partial charge in [-0.15, -0.1) is 0 Å². The Balaban J connectivity index is 1.54. The van der Waals surface area contributed by atoms with Crippen molar-refractivity contribution in [3.05, 3.63) is 36.0 Å². The zero-order chi connectivity index (χ0) is 19.2. The Labute approximate surface area is 158 Å². The summed E-state index contributed by atoms with van der Waals surface area (Å²) in [6, 6.07) is 7.61. The van der Waals surface area contributed by atoms with E-state index in [4.69, 9.17) is 0 Å². The number of fused-ring (bicyclic) bond motifs is 1. The molecule has 1 aromatic carbocycles. The lowest BCUT2D eigenvalue weighted by Crippen LogP contribution is -2.38. The number of likely N-dealkylation sites (tertiary alicyclic amines) is 1. The smallest absolute Gasteiger partial charge is 0.321 e. The molecule has 1 aliphatic heterocycles. The minimum atomic E-state index is -0.769. The van der Waals surface area contributed by atoms with E-state index in [0.29, 0.717) is 19.5 Å². The molecule has 2 heterocycles. The fourth-order valence-corrected chi connectivity index (χ4v) is 4.56. The van der Waals surface area contributed by atoms with E-state index in [1.165, 1.54) is 0 Å². The third kappa shape index (κ3) is 2.87. The van der Waals surface area contributed by atoms with Gasteiger partial charge in [-0.1, -0.05) is 18.6 Å². The molecule has 2 fully saturated rings. The molecule has 2 aromatic rings. The molecule has 2 amide bonds. The molecule has 1 aliphatic carbocycles. The van der Waals surface area contributed by atoms with Gasteiger partial charge in [-0.2, -0.15) is 5.10 Å². The number of urea groups is 1. The quantitative estimate of drug-likeness (QED) is 0.871. The van der Waals surface area contributed by atoms with Crippen molar-refractivity contribution in [3.63, 3.8) is 0 Å². The third-order valence-corrected chi connectivity index (χ3v) is 6.18. The molecule has 1 saturated carbocycles. The summed E-state index contributed by atoms with van der Waals surface area (Å²) < 4.78 is 1.79. The predicted octanol–water partition coefficient (Wildman–Crippen LogP) is 3.11. The van der Waals surface area contributed by atoms with E-state index >= 15 is 0 Å². The molecule has 7 heteroatoms. The van der Waals surface area contributed by atoms with Crippen LogP contribution in [0.1, 0.15) is 24.8 Å². The first-order chi connectivity index (χ1) is 12.9. The first kappa shape index (κ1) is 17.6. The highest BCUT2D eigenvalue weighted by molar-refractivity contribution is 5.92. The van der Waals surface area contributed by atoms with Crippen molar-refractivity contribution in [2.45, 2.75) is 26.2 Å². The van der Waals surface area contributed by atoms with Crippen molar-refractivity contribution < 1.29 is 14.7 Å². The number of nitrogens with one attached hydrogen (secondary N) is 1. The van der Waals surface area contributed by atoms with Crippen LogP contribution in [0.25, 0.3) is 11.3 Å². The number of anilines is 1. The van der Waals surface area contributed by atoms with Crippen molar-refractivity contribution in [1.82, 2.24) is 14.7 Å². The Morgan fingerprint density at radius 3 is 2.81 bits per heavy atom. The summed E-state index contributed by atoms with van der Waals surface area (Å²) in [6.07, 6.45) is 4.21. The van der Waals surface area contributed by atoms with Gasteiger partial charge in [0.1, 0.15) is 0 Å². The molecule has 2 aliphatic rings. The lowest BCUT2D eigenvalue weighted by molar-refractivity contribution is -0.149. The van der Waals surface area contributed by atoms with Crippen LogP contribution in [0.15, 0.2) is 30.5 Å². The van der Waals surface area contributed by atoms with Crippen LogP contribution < -0.4 is 5.32 Å². The number of carboxylic acids is 1. The summed E-state index contributed by atoms with van der Waals surface area (Å²) in [5.41, 5.74) is 2.87. The molecule has 4 rings (SSSR count). The largest absolute Gasteiger partial charge is 0.481 e. The summed E-state index contributed by atoms with van der Waals surface area (Å²) in [4.78, 5) is 26.3. The Morgan fingerprint density at radius 2 is 2.15 bits per heavy atom. The average molecular weight is 368 g/mol. The van der Waals surface area contributed by atoms with E-state index in [9.17, 15) is 14.7 Å². The number of aliphatic carboxylic acids is 1. The topological polar surface area (TPSA) is 87.5 Å². The maximum Gasteiger partial charge on any atom is 0.321 e. The number of hydrogen-bond acceptors (Lipinski definition) is 3. The molecule has 0 bridgehead atoms.